The lowest BCUT2D eigenvalue weighted by Gasteiger charge is -2.38. The van der Waals surface area contributed by atoms with Crippen molar-refractivity contribution in [2.24, 2.45) is 11.3 Å². The Balaban J connectivity index is 2.11. The van der Waals surface area contributed by atoms with Gasteiger partial charge in [0, 0.05) is 24.9 Å². The monoisotopic (exact) mass is 470 g/mol. The van der Waals surface area contributed by atoms with Crippen LogP contribution in [0.1, 0.15) is 74.3 Å². The molecular weight excluding hydrogens is 436 g/mol. The van der Waals surface area contributed by atoms with Crippen LogP contribution in [-0.2, 0) is 14.3 Å². The van der Waals surface area contributed by atoms with Crippen molar-refractivity contribution in [2.75, 3.05) is 25.6 Å². The first-order valence-corrected chi connectivity index (χ1v) is 12.3. The minimum atomic E-state index is -0.635. The van der Waals surface area contributed by atoms with Gasteiger partial charge in [0.25, 0.3) is 0 Å². The average molecular weight is 471 g/mol. The van der Waals surface area contributed by atoms with Gasteiger partial charge in [0.1, 0.15) is 10.9 Å². The van der Waals surface area contributed by atoms with E-state index in [9.17, 15) is 14.4 Å². The smallest absolute Gasteiger partial charge is 0.350 e. The second-order valence-corrected chi connectivity index (χ2v) is 11.0. The van der Waals surface area contributed by atoms with Crippen molar-refractivity contribution in [3.05, 3.63) is 27.5 Å². The van der Waals surface area contributed by atoms with E-state index in [2.05, 4.69) is 24.8 Å². The van der Waals surface area contributed by atoms with Crippen LogP contribution < -0.4 is 4.90 Å². The summed E-state index contributed by atoms with van der Waals surface area (Å²) in [5.74, 6) is 5.39. The van der Waals surface area contributed by atoms with Gasteiger partial charge in [-0.05, 0) is 65.9 Å². The Hall–Kier alpha value is -2.59. The molecule has 0 aromatic carbocycles. The van der Waals surface area contributed by atoms with E-state index in [0.717, 1.165) is 19.3 Å². The number of hydrogen-bond acceptors (Lipinski definition) is 5. The molecule has 1 aromatic heterocycles. The molecule has 7 heteroatoms. The Kier molecular flexibility index (Phi) is 7.69. The number of rotatable bonds is 4. The van der Waals surface area contributed by atoms with E-state index in [-0.39, 0.29) is 23.1 Å². The topological polar surface area (TPSA) is 66.9 Å². The van der Waals surface area contributed by atoms with Gasteiger partial charge < -0.3 is 9.64 Å². The molecule has 0 bridgehead atoms. The number of anilines is 1. The third-order valence-corrected chi connectivity index (χ3v) is 7.09. The second kappa shape index (κ2) is 10.1. The number of esters is 1. The third-order valence-electron chi connectivity index (χ3n) is 6.07. The summed E-state index contributed by atoms with van der Waals surface area (Å²) in [6.45, 7) is 8.78. The molecule has 178 valence electrons. The molecule has 0 unspecified atom stereocenters. The zero-order chi connectivity index (χ0) is 24.3. The molecule has 0 N–H and O–H groups in total. The molecule has 2 amide bonds. The summed E-state index contributed by atoms with van der Waals surface area (Å²) in [6.07, 6.45) is 5.71. The largest absolute Gasteiger partial charge is 0.465 e. The fourth-order valence-corrected chi connectivity index (χ4v) is 5.11. The first-order valence-electron chi connectivity index (χ1n) is 11.5. The molecule has 2 aliphatic rings. The maximum atomic E-state index is 13.9. The van der Waals surface area contributed by atoms with Gasteiger partial charge in [-0.1, -0.05) is 23.5 Å². The van der Waals surface area contributed by atoms with Crippen molar-refractivity contribution in [1.82, 2.24) is 4.90 Å². The summed E-state index contributed by atoms with van der Waals surface area (Å²) in [5.41, 5.74) is 1.51. The average Bonchev–Trinajstić information content (AvgIpc) is 3.19. The number of carbonyl (C=O) groups excluding carboxylic acids is 3. The fraction of sp³-hybridized carbons (Fsp3) is 0.577. The number of carbonyl (C=O) groups is 3. The molecule has 33 heavy (non-hydrogen) atoms. The van der Waals surface area contributed by atoms with E-state index in [1.807, 2.05) is 20.8 Å². The van der Waals surface area contributed by atoms with Gasteiger partial charge in [-0.15, -0.1) is 11.3 Å². The Morgan fingerprint density at radius 2 is 2.00 bits per heavy atom. The van der Waals surface area contributed by atoms with Crippen molar-refractivity contribution in [1.29, 1.82) is 0 Å². The van der Waals surface area contributed by atoms with Crippen LogP contribution in [0.4, 0.5) is 5.69 Å². The predicted molar refractivity (Wildman–Crippen MR) is 131 cm³/mol. The molecule has 1 aliphatic heterocycles. The standard InChI is InChI=1S/C26H34N2O4S/c1-17-9-11-18(12-10-17)23(29)28(20-8-7-15-27(5)24(20)30)21-16-19(13-14-26(2,3)4)33-22(21)25(31)32-6/h9,16,18,20H,7-8,10-12,15H2,1-6H3/t18-,20-/m0/s1. The lowest BCUT2D eigenvalue weighted by atomic mass is 9.88. The number of ether oxygens (including phenoxy) is 1. The quantitative estimate of drug-likeness (QED) is 0.366. The van der Waals surface area contributed by atoms with E-state index in [4.69, 9.17) is 4.74 Å². The number of hydrogen-bond donors (Lipinski definition) is 0. The van der Waals surface area contributed by atoms with Crippen LogP contribution in [0.2, 0.25) is 0 Å². The summed E-state index contributed by atoms with van der Waals surface area (Å²) in [6, 6.07) is 1.14. The van der Waals surface area contributed by atoms with Gasteiger partial charge >= 0.3 is 5.97 Å². The van der Waals surface area contributed by atoms with Crippen LogP contribution in [0.15, 0.2) is 17.7 Å². The Morgan fingerprint density at radius 3 is 2.61 bits per heavy atom. The maximum Gasteiger partial charge on any atom is 0.350 e. The van der Waals surface area contributed by atoms with Crippen molar-refractivity contribution < 1.29 is 19.1 Å². The molecule has 1 saturated heterocycles. The zero-order valence-electron chi connectivity index (χ0n) is 20.5. The van der Waals surface area contributed by atoms with E-state index in [1.165, 1.54) is 24.0 Å². The van der Waals surface area contributed by atoms with Crippen LogP contribution in [0.3, 0.4) is 0 Å². The Morgan fingerprint density at radius 1 is 1.27 bits per heavy atom. The summed E-state index contributed by atoms with van der Waals surface area (Å²) >= 11 is 1.21. The van der Waals surface area contributed by atoms with Gasteiger partial charge in [-0.2, -0.15) is 0 Å². The number of thiophene rings is 1. The minimum Gasteiger partial charge on any atom is -0.465 e. The van der Waals surface area contributed by atoms with E-state index < -0.39 is 12.0 Å². The lowest BCUT2D eigenvalue weighted by Crippen LogP contribution is -2.55. The number of likely N-dealkylation sites (tertiary alicyclic amines) is 1. The molecule has 1 fully saturated rings. The summed E-state index contributed by atoms with van der Waals surface area (Å²) < 4.78 is 5.04. The van der Waals surface area contributed by atoms with Crippen molar-refractivity contribution in [3.63, 3.8) is 0 Å². The van der Waals surface area contributed by atoms with Crippen molar-refractivity contribution in [2.45, 2.75) is 65.8 Å². The molecule has 0 saturated carbocycles. The normalized spacial score (nSPS) is 21.1. The number of piperidine rings is 1. The second-order valence-electron chi connectivity index (χ2n) is 9.96. The van der Waals surface area contributed by atoms with Crippen LogP contribution in [0, 0.1) is 23.2 Å². The highest BCUT2D eigenvalue weighted by atomic mass is 32.1. The molecule has 2 atom stereocenters. The Labute approximate surface area is 201 Å². The van der Waals surface area contributed by atoms with Crippen LogP contribution >= 0.6 is 11.3 Å². The summed E-state index contributed by atoms with van der Waals surface area (Å²) in [4.78, 5) is 44.0. The highest BCUT2D eigenvalue weighted by Crippen LogP contribution is 2.37. The summed E-state index contributed by atoms with van der Waals surface area (Å²) in [7, 11) is 3.09. The first kappa shape index (κ1) is 25.0. The zero-order valence-corrected chi connectivity index (χ0v) is 21.3. The van der Waals surface area contributed by atoms with Crippen LogP contribution in [-0.4, -0.2) is 49.4 Å². The molecule has 0 spiro atoms. The van der Waals surface area contributed by atoms with E-state index >= 15 is 0 Å². The van der Waals surface area contributed by atoms with E-state index in [0.29, 0.717) is 34.8 Å². The van der Waals surface area contributed by atoms with Crippen LogP contribution in [0.5, 0.6) is 0 Å². The van der Waals surface area contributed by atoms with Gasteiger partial charge in [-0.25, -0.2) is 4.79 Å². The SMILES string of the molecule is COC(=O)c1sc(C#CC(C)(C)C)cc1N(C(=O)[C@H]1CC=C(C)CC1)[C@H]1CCCN(C)C1=O. The number of amides is 2. The molecule has 3 rings (SSSR count). The third kappa shape index (κ3) is 5.86. The maximum absolute atomic E-state index is 13.9. The first-order chi connectivity index (χ1) is 15.5. The van der Waals surface area contributed by atoms with Crippen molar-refractivity contribution >= 4 is 34.8 Å². The lowest BCUT2D eigenvalue weighted by molar-refractivity contribution is -0.136. The van der Waals surface area contributed by atoms with Gasteiger partial charge in [0.2, 0.25) is 11.8 Å². The van der Waals surface area contributed by atoms with Crippen LogP contribution in [0.25, 0.3) is 0 Å². The van der Waals surface area contributed by atoms with Crippen molar-refractivity contribution in [3.8, 4) is 11.8 Å². The molecule has 2 heterocycles. The van der Waals surface area contributed by atoms with Gasteiger partial charge in [0.05, 0.1) is 17.7 Å². The number of methoxy groups -OCH3 is 1. The summed E-state index contributed by atoms with van der Waals surface area (Å²) in [5, 5.41) is 0. The highest BCUT2D eigenvalue weighted by molar-refractivity contribution is 7.15. The number of allylic oxidation sites excluding steroid dienone is 2. The van der Waals surface area contributed by atoms with Gasteiger partial charge in [0.15, 0.2) is 0 Å². The van der Waals surface area contributed by atoms with E-state index in [1.54, 1.807) is 22.9 Å². The minimum absolute atomic E-state index is 0.0959. The molecular formula is C26H34N2O4S. The molecule has 1 aliphatic carbocycles. The predicted octanol–water partition coefficient (Wildman–Crippen LogP) is 4.63. The number of likely N-dealkylation sites (N-methyl/N-ethyl adjacent to an activating group) is 1. The van der Waals surface area contributed by atoms with Gasteiger partial charge in [-0.3, -0.25) is 14.5 Å². The fourth-order valence-electron chi connectivity index (χ4n) is 4.19. The molecule has 1 aromatic rings. The molecule has 6 nitrogen and oxygen atoms in total. The number of nitrogens with zero attached hydrogens (tertiary/aromatic N) is 2. The highest BCUT2D eigenvalue weighted by Gasteiger charge is 2.40. The molecule has 0 radical (unpaired) electrons. The Bertz CT molecular complexity index is 1020.